The van der Waals surface area contributed by atoms with Gasteiger partial charge in [0.1, 0.15) is 0 Å². The zero-order valence-corrected chi connectivity index (χ0v) is 14.2. The summed E-state index contributed by atoms with van der Waals surface area (Å²) in [5, 5.41) is 11.3. The van der Waals surface area contributed by atoms with Gasteiger partial charge in [-0.3, -0.25) is 0 Å². The van der Waals surface area contributed by atoms with Gasteiger partial charge in [0.15, 0.2) is 0 Å². The molecule has 0 spiro atoms. The van der Waals surface area contributed by atoms with Crippen LogP contribution in [0, 0.1) is 0 Å². The highest BCUT2D eigenvalue weighted by molar-refractivity contribution is 6.43. The van der Waals surface area contributed by atoms with Crippen LogP contribution in [-0.4, -0.2) is 5.11 Å². The second-order valence-corrected chi connectivity index (χ2v) is 5.88. The fourth-order valence-electron chi connectivity index (χ4n) is 1.71. The molecule has 2 aromatic rings. The molecule has 114 valence electrons. The van der Waals surface area contributed by atoms with Crippen molar-refractivity contribution in [1.29, 1.82) is 0 Å². The summed E-state index contributed by atoms with van der Waals surface area (Å²) in [5.41, 5.74) is 1.03. The molecule has 0 radical (unpaired) electrons. The fourth-order valence-corrected chi connectivity index (χ4v) is 2.24. The smallest absolute Gasteiger partial charge is 0.0790 e. The maximum Gasteiger partial charge on any atom is 0.0790 e. The zero-order valence-electron chi connectivity index (χ0n) is 11.9. The molecule has 0 aliphatic heterocycles. The quantitative estimate of drug-likeness (QED) is 0.622. The van der Waals surface area contributed by atoms with Crippen LogP contribution in [0.25, 0.3) is 0 Å². The number of rotatable bonds is 4. The monoisotopic (exact) mass is 344 g/mol. The van der Waals surface area contributed by atoms with Gasteiger partial charge in [-0.25, -0.2) is 0 Å². The summed E-state index contributed by atoms with van der Waals surface area (Å²) in [4.78, 5) is 0. The van der Waals surface area contributed by atoms with E-state index >= 15 is 0 Å². The molecule has 0 bridgehead atoms. The fraction of sp³-hybridized carbons (Fsp3) is 0.294. The van der Waals surface area contributed by atoms with Gasteiger partial charge in [-0.2, -0.15) is 0 Å². The molecule has 0 amide bonds. The standard InChI is InChI=1S/C11H16O.C6H3Cl3/c1-2-3-9-11(12)10-7-5-4-6-8-10;7-4-1-2-5(8)6(9)3-4/h4-8,11-12H,2-3,9H2,1H3;1-3H. The van der Waals surface area contributed by atoms with E-state index in [0.717, 1.165) is 24.8 Å². The number of hydrogen-bond donors (Lipinski definition) is 1. The number of hydrogen-bond acceptors (Lipinski definition) is 1. The topological polar surface area (TPSA) is 20.2 Å². The SMILES string of the molecule is CCCCC(O)c1ccccc1.Clc1ccc(Cl)c(Cl)c1. The van der Waals surface area contributed by atoms with Gasteiger partial charge in [-0.15, -0.1) is 0 Å². The van der Waals surface area contributed by atoms with Crippen molar-refractivity contribution in [2.75, 3.05) is 0 Å². The molecule has 1 N–H and O–H groups in total. The summed E-state index contributed by atoms with van der Waals surface area (Å²) in [6.45, 7) is 2.14. The second kappa shape index (κ2) is 10.1. The summed E-state index contributed by atoms with van der Waals surface area (Å²) in [6.07, 6.45) is 2.84. The number of halogens is 3. The minimum Gasteiger partial charge on any atom is -0.388 e. The molecule has 0 aliphatic rings. The Labute approximate surface area is 141 Å². The summed E-state index contributed by atoms with van der Waals surface area (Å²) in [5.74, 6) is 0. The molecule has 0 heterocycles. The zero-order chi connectivity index (χ0) is 15.7. The summed E-state index contributed by atoms with van der Waals surface area (Å²) < 4.78 is 0. The van der Waals surface area contributed by atoms with E-state index in [4.69, 9.17) is 34.8 Å². The Bertz CT molecular complexity index is 529. The normalized spacial score (nSPS) is 11.5. The molecule has 21 heavy (non-hydrogen) atoms. The van der Waals surface area contributed by atoms with Crippen molar-refractivity contribution in [3.63, 3.8) is 0 Å². The molecular weight excluding hydrogens is 327 g/mol. The van der Waals surface area contributed by atoms with Crippen molar-refractivity contribution in [3.8, 4) is 0 Å². The van der Waals surface area contributed by atoms with Gasteiger partial charge in [-0.1, -0.05) is 84.9 Å². The average molecular weight is 346 g/mol. The Morgan fingerprint density at radius 1 is 0.952 bits per heavy atom. The molecule has 0 aromatic heterocycles. The first-order chi connectivity index (χ1) is 10.0. The van der Waals surface area contributed by atoms with E-state index in [0.29, 0.717) is 15.1 Å². The Balaban J connectivity index is 0.000000219. The first-order valence-electron chi connectivity index (χ1n) is 6.88. The molecule has 1 atom stereocenters. The van der Waals surface area contributed by atoms with Gasteiger partial charge in [0, 0.05) is 5.02 Å². The Hall–Kier alpha value is -0.730. The van der Waals surface area contributed by atoms with E-state index in [1.54, 1.807) is 18.2 Å². The minimum atomic E-state index is -0.272. The van der Waals surface area contributed by atoms with E-state index in [1.165, 1.54) is 0 Å². The van der Waals surface area contributed by atoms with E-state index in [2.05, 4.69) is 6.92 Å². The summed E-state index contributed by atoms with van der Waals surface area (Å²) in [6, 6.07) is 14.8. The van der Waals surface area contributed by atoms with Crippen molar-refractivity contribution < 1.29 is 5.11 Å². The lowest BCUT2D eigenvalue weighted by molar-refractivity contribution is 0.164. The molecule has 0 aliphatic carbocycles. The molecule has 2 rings (SSSR count). The van der Waals surface area contributed by atoms with Gasteiger partial charge in [0.25, 0.3) is 0 Å². The molecular formula is C17H19Cl3O. The van der Waals surface area contributed by atoms with Crippen LogP contribution < -0.4 is 0 Å². The summed E-state index contributed by atoms with van der Waals surface area (Å²) >= 11 is 16.8. The average Bonchev–Trinajstić information content (AvgIpc) is 2.50. The third kappa shape index (κ3) is 7.19. The predicted molar refractivity (Wildman–Crippen MR) is 92.4 cm³/mol. The van der Waals surface area contributed by atoms with Crippen molar-refractivity contribution in [2.45, 2.75) is 32.3 Å². The van der Waals surface area contributed by atoms with E-state index in [9.17, 15) is 5.11 Å². The first-order valence-corrected chi connectivity index (χ1v) is 8.01. The maximum atomic E-state index is 9.65. The predicted octanol–water partition coefficient (Wildman–Crippen LogP) is 6.56. The van der Waals surface area contributed by atoms with Gasteiger partial charge in [0.05, 0.1) is 16.1 Å². The molecule has 4 heteroatoms. The van der Waals surface area contributed by atoms with Crippen molar-refractivity contribution >= 4 is 34.8 Å². The van der Waals surface area contributed by atoms with Crippen LogP contribution in [0.3, 0.4) is 0 Å². The van der Waals surface area contributed by atoms with E-state index < -0.39 is 0 Å². The minimum absolute atomic E-state index is 0.272. The van der Waals surface area contributed by atoms with Crippen LogP contribution in [0.5, 0.6) is 0 Å². The molecule has 0 saturated carbocycles. The first kappa shape index (κ1) is 18.3. The third-order valence-electron chi connectivity index (χ3n) is 2.90. The van der Waals surface area contributed by atoms with Crippen LogP contribution in [0.15, 0.2) is 48.5 Å². The molecule has 0 fully saturated rings. The van der Waals surface area contributed by atoms with Crippen LogP contribution in [0.4, 0.5) is 0 Å². The van der Waals surface area contributed by atoms with Crippen molar-refractivity contribution in [1.82, 2.24) is 0 Å². The molecule has 0 saturated heterocycles. The van der Waals surface area contributed by atoms with Gasteiger partial charge in [-0.05, 0) is 30.2 Å². The van der Waals surface area contributed by atoms with Gasteiger partial charge < -0.3 is 5.11 Å². The van der Waals surface area contributed by atoms with Crippen LogP contribution >= 0.6 is 34.8 Å². The Kier molecular flexibility index (Phi) is 8.79. The lowest BCUT2D eigenvalue weighted by Crippen LogP contribution is -1.95. The van der Waals surface area contributed by atoms with Gasteiger partial charge >= 0.3 is 0 Å². The maximum absolute atomic E-state index is 9.65. The Morgan fingerprint density at radius 2 is 1.62 bits per heavy atom. The molecule has 1 nitrogen and oxygen atoms in total. The Morgan fingerprint density at radius 3 is 2.14 bits per heavy atom. The number of benzene rings is 2. The highest BCUT2D eigenvalue weighted by atomic mass is 35.5. The largest absolute Gasteiger partial charge is 0.388 e. The number of aliphatic hydroxyl groups excluding tert-OH is 1. The van der Waals surface area contributed by atoms with Crippen LogP contribution in [0.1, 0.15) is 37.9 Å². The highest BCUT2D eigenvalue weighted by Crippen LogP contribution is 2.24. The number of aliphatic hydroxyl groups is 1. The van der Waals surface area contributed by atoms with Crippen molar-refractivity contribution in [2.24, 2.45) is 0 Å². The highest BCUT2D eigenvalue weighted by Gasteiger charge is 2.04. The van der Waals surface area contributed by atoms with Crippen molar-refractivity contribution in [3.05, 3.63) is 69.2 Å². The van der Waals surface area contributed by atoms with Crippen LogP contribution in [-0.2, 0) is 0 Å². The van der Waals surface area contributed by atoms with E-state index in [1.807, 2.05) is 30.3 Å². The molecule has 2 aromatic carbocycles. The lowest BCUT2D eigenvalue weighted by atomic mass is 10.0. The van der Waals surface area contributed by atoms with E-state index in [-0.39, 0.29) is 6.10 Å². The number of unbranched alkanes of at least 4 members (excludes halogenated alkanes) is 1. The second-order valence-electron chi connectivity index (χ2n) is 4.63. The lowest BCUT2D eigenvalue weighted by Gasteiger charge is -2.09. The van der Waals surface area contributed by atoms with Gasteiger partial charge in [0.2, 0.25) is 0 Å². The summed E-state index contributed by atoms with van der Waals surface area (Å²) in [7, 11) is 0. The van der Waals surface area contributed by atoms with Crippen LogP contribution in [0.2, 0.25) is 15.1 Å². The third-order valence-corrected chi connectivity index (χ3v) is 3.87. The molecule has 1 unspecified atom stereocenters.